The molecule has 1 aliphatic heterocycles. The molecule has 146 valence electrons. The van der Waals surface area contributed by atoms with E-state index in [4.69, 9.17) is 4.74 Å². The summed E-state index contributed by atoms with van der Waals surface area (Å²) in [6, 6.07) is 10.4. The molecule has 5 nitrogen and oxygen atoms in total. The van der Waals surface area contributed by atoms with E-state index in [9.17, 15) is 18.3 Å². The molecule has 0 saturated carbocycles. The SMILES string of the molecule is COc1ccc(O)c([C@H](c2ccc(OC(F)(F)F)cc2)N2CCNCC2)c1. The van der Waals surface area contributed by atoms with Gasteiger partial charge in [-0.05, 0) is 35.9 Å². The van der Waals surface area contributed by atoms with E-state index in [1.807, 2.05) is 0 Å². The van der Waals surface area contributed by atoms with Crippen molar-refractivity contribution in [2.45, 2.75) is 12.4 Å². The van der Waals surface area contributed by atoms with E-state index in [1.165, 1.54) is 12.1 Å². The summed E-state index contributed by atoms with van der Waals surface area (Å²) >= 11 is 0. The van der Waals surface area contributed by atoms with Crippen molar-refractivity contribution >= 4 is 0 Å². The summed E-state index contributed by atoms with van der Waals surface area (Å²) in [6.07, 6.45) is -4.73. The third-order valence-electron chi connectivity index (χ3n) is 4.48. The molecule has 0 bridgehead atoms. The van der Waals surface area contributed by atoms with Gasteiger partial charge in [0.15, 0.2) is 0 Å². The summed E-state index contributed by atoms with van der Waals surface area (Å²) in [5.74, 6) is 0.426. The number of hydrogen-bond acceptors (Lipinski definition) is 5. The molecule has 2 aromatic rings. The Labute approximate surface area is 155 Å². The molecule has 0 radical (unpaired) electrons. The highest BCUT2D eigenvalue weighted by molar-refractivity contribution is 5.46. The molecule has 1 saturated heterocycles. The number of ether oxygens (including phenoxy) is 2. The highest BCUT2D eigenvalue weighted by Crippen LogP contribution is 2.37. The van der Waals surface area contributed by atoms with Crippen molar-refractivity contribution in [2.75, 3.05) is 33.3 Å². The predicted molar refractivity (Wildman–Crippen MR) is 94.1 cm³/mol. The van der Waals surface area contributed by atoms with Gasteiger partial charge in [-0.1, -0.05) is 12.1 Å². The van der Waals surface area contributed by atoms with Crippen molar-refractivity contribution in [1.82, 2.24) is 10.2 Å². The molecule has 1 heterocycles. The smallest absolute Gasteiger partial charge is 0.508 e. The van der Waals surface area contributed by atoms with Crippen molar-refractivity contribution in [2.24, 2.45) is 0 Å². The maximum atomic E-state index is 12.4. The first kappa shape index (κ1) is 19.3. The van der Waals surface area contributed by atoms with Crippen LogP contribution < -0.4 is 14.8 Å². The van der Waals surface area contributed by atoms with Crippen LogP contribution in [0.3, 0.4) is 0 Å². The Kier molecular flexibility index (Phi) is 5.76. The Hall–Kier alpha value is -2.45. The minimum atomic E-state index is -4.73. The maximum Gasteiger partial charge on any atom is 0.573 e. The number of alkyl halides is 3. The van der Waals surface area contributed by atoms with Gasteiger partial charge in [0.25, 0.3) is 0 Å². The van der Waals surface area contributed by atoms with E-state index >= 15 is 0 Å². The lowest BCUT2D eigenvalue weighted by Crippen LogP contribution is -2.45. The van der Waals surface area contributed by atoms with Crippen LogP contribution in [0.2, 0.25) is 0 Å². The number of hydrogen-bond donors (Lipinski definition) is 2. The second kappa shape index (κ2) is 8.06. The summed E-state index contributed by atoms with van der Waals surface area (Å²) in [5.41, 5.74) is 1.40. The van der Waals surface area contributed by atoms with Crippen molar-refractivity contribution < 1.29 is 27.8 Å². The van der Waals surface area contributed by atoms with Crippen LogP contribution in [0.4, 0.5) is 13.2 Å². The predicted octanol–water partition coefficient (Wildman–Crippen LogP) is 3.29. The number of aromatic hydroxyl groups is 1. The molecule has 27 heavy (non-hydrogen) atoms. The minimum absolute atomic E-state index is 0.106. The zero-order valence-corrected chi connectivity index (χ0v) is 14.8. The summed E-state index contributed by atoms with van der Waals surface area (Å²) in [5, 5.41) is 13.7. The van der Waals surface area contributed by atoms with Crippen LogP contribution in [0.1, 0.15) is 17.2 Å². The average molecular weight is 382 g/mol. The van der Waals surface area contributed by atoms with Gasteiger partial charge in [0.2, 0.25) is 0 Å². The normalized spacial score (nSPS) is 16.7. The molecule has 0 spiro atoms. The van der Waals surface area contributed by atoms with Gasteiger partial charge in [-0.2, -0.15) is 0 Å². The maximum absolute atomic E-state index is 12.4. The van der Waals surface area contributed by atoms with Crippen LogP contribution in [-0.2, 0) is 0 Å². The van der Waals surface area contributed by atoms with Gasteiger partial charge >= 0.3 is 6.36 Å². The molecular weight excluding hydrogens is 361 g/mol. The van der Waals surface area contributed by atoms with Crippen molar-refractivity contribution in [3.8, 4) is 17.2 Å². The number of benzene rings is 2. The number of phenols is 1. The van der Waals surface area contributed by atoms with Gasteiger partial charge < -0.3 is 19.9 Å². The highest BCUT2D eigenvalue weighted by atomic mass is 19.4. The molecule has 8 heteroatoms. The molecule has 1 atom stereocenters. The van der Waals surface area contributed by atoms with Crippen molar-refractivity contribution in [1.29, 1.82) is 0 Å². The molecule has 0 amide bonds. The van der Waals surface area contributed by atoms with Crippen LogP contribution in [0.25, 0.3) is 0 Å². The number of nitrogens with zero attached hydrogens (tertiary/aromatic N) is 1. The average Bonchev–Trinajstić information content (AvgIpc) is 2.64. The van der Waals surface area contributed by atoms with Gasteiger partial charge in [0.1, 0.15) is 17.2 Å². The van der Waals surface area contributed by atoms with Gasteiger partial charge in [-0.3, -0.25) is 4.90 Å². The number of methoxy groups -OCH3 is 1. The highest BCUT2D eigenvalue weighted by Gasteiger charge is 2.31. The minimum Gasteiger partial charge on any atom is -0.508 e. The second-order valence-corrected chi connectivity index (χ2v) is 6.23. The Morgan fingerprint density at radius 1 is 1.04 bits per heavy atom. The second-order valence-electron chi connectivity index (χ2n) is 6.23. The lowest BCUT2D eigenvalue weighted by Gasteiger charge is -2.36. The fourth-order valence-electron chi connectivity index (χ4n) is 3.26. The Morgan fingerprint density at radius 2 is 1.67 bits per heavy atom. The Bertz CT molecular complexity index is 760. The Morgan fingerprint density at radius 3 is 2.26 bits per heavy atom. The van der Waals surface area contributed by atoms with Gasteiger partial charge in [0.05, 0.1) is 13.2 Å². The molecular formula is C19H21F3N2O3. The summed E-state index contributed by atoms with van der Waals surface area (Å²) < 4.78 is 46.4. The molecule has 2 aromatic carbocycles. The molecule has 1 fully saturated rings. The van der Waals surface area contributed by atoms with E-state index in [1.54, 1.807) is 37.4 Å². The Balaban J connectivity index is 1.97. The molecule has 0 unspecified atom stereocenters. The first-order chi connectivity index (χ1) is 12.9. The monoisotopic (exact) mass is 382 g/mol. The largest absolute Gasteiger partial charge is 0.573 e. The van der Waals surface area contributed by atoms with Crippen LogP contribution in [0, 0.1) is 0 Å². The summed E-state index contributed by atoms with van der Waals surface area (Å²) in [7, 11) is 1.54. The third-order valence-corrected chi connectivity index (χ3v) is 4.48. The molecule has 3 rings (SSSR count). The molecule has 0 aliphatic carbocycles. The lowest BCUT2D eigenvalue weighted by molar-refractivity contribution is -0.274. The fraction of sp³-hybridized carbons (Fsp3) is 0.368. The summed E-state index contributed by atoms with van der Waals surface area (Å²) in [6.45, 7) is 3.05. The fourth-order valence-corrected chi connectivity index (χ4v) is 3.26. The molecule has 1 aliphatic rings. The standard InChI is InChI=1S/C19H21F3N2O3/c1-26-15-6-7-17(25)16(12-15)18(24-10-8-23-9-11-24)13-2-4-14(5-3-13)27-19(20,21)22/h2-7,12,18,23,25H,8-11H2,1H3/t18-/m0/s1. The number of rotatable bonds is 5. The van der Waals surface area contributed by atoms with Crippen LogP contribution in [0.5, 0.6) is 17.2 Å². The zero-order valence-electron chi connectivity index (χ0n) is 14.8. The topological polar surface area (TPSA) is 54.0 Å². The molecule has 2 N–H and O–H groups in total. The quantitative estimate of drug-likeness (QED) is 0.831. The number of nitrogens with one attached hydrogen (secondary N) is 1. The van der Waals surface area contributed by atoms with Crippen LogP contribution in [0.15, 0.2) is 42.5 Å². The van der Waals surface area contributed by atoms with Gasteiger partial charge in [-0.15, -0.1) is 13.2 Å². The number of halogens is 3. The van der Waals surface area contributed by atoms with E-state index in [0.717, 1.165) is 31.7 Å². The summed E-state index contributed by atoms with van der Waals surface area (Å²) in [4.78, 5) is 2.17. The van der Waals surface area contributed by atoms with E-state index in [-0.39, 0.29) is 17.5 Å². The first-order valence-corrected chi connectivity index (χ1v) is 8.55. The van der Waals surface area contributed by atoms with Crippen molar-refractivity contribution in [3.63, 3.8) is 0 Å². The lowest BCUT2D eigenvalue weighted by atomic mass is 9.95. The third kappa shape index (κ3) is 4.84. The van der Waals surface area contributed by atoms with E-state index in [2.05, 4.69) is 15.0 Å². The van der Waals surface area contributed by atoms with Gasteiger partial charge in [-0.25, -0.2) is 0 Å². The zero-order chi connectivity index (χ0) is 19.4. The van der Waals surface area contributed by atoms with Gasteiger partial charge in [0, 0.05) is 31.7 Å². The van der Waals surface area contributed by atoms with E-state index < -0.39 is 6.36 Å². The van der Waals surface area contributed by atoms with E-state index in [0.29, 0.717) is 11.3 Å². The molecule has 0 aromatic heterocycles. The van der Waals surface area contributed by atoms with Crippen LogP contribution >= 0.6 is 0 Å². The number of phenolic OH excluding ortho intramolecular Hbond substituents is 1. The first-order valence-electron chi connectivity index (χ1n) is 8.55. The van der Waals surface area contributed by atoms with Crippen molar-refractivity contribution in [3.05, 3.63) is 53.6 Å². The number of piperazine rings is 1. The van der Waals surface area contributed by atoms with Crippen LogP contribution in [-0.4, -0.2) is 49.7 Å².